The molecule has 0 atom stereocenters. The molecule has 2 rings (SSSR count). The van der Waals surface area contributed by atoms with Gasteiger partial charge in [-0.05, 0) is 25.1 Å². The monoisotopic (exact) mass is 310 g/mol. The maximum Gasteiger partial charge on any atom is 0.154 e. The highest BCUT2D eigenvalue weighted by Gasteiger charge is 2.07. The minimum Gasteiger partial charge on any atom is -0.235 e. The number of aryl methyl sites for hydroxylation is 1. The Morgan fingerprint density at radius 3 is 2.94 bits per heavy atom. The first-order valence-corrected chi connectivity index (χ1v) is 6.97. The van der Waals surface area contributed by atoms with E-state index in [2.05, 4.69) is 27.0 Å². The van der Waals surface area contributed by atoms with Crippen LogP contribution in [-0.4, -0.2) is 4.98 Å². The average molecular weight is 311 g/mol. The van der Waals surface area contributed by atoms with Gasteiger partial charge in [0.25, 0.3) is 0 Å². The minimum absolute atomic E-state index is 0.682. The molecule has 2 nitrogen and oxygen atoms in total. The Bertz CT molecular complexity index is 557. The Hall–Kier alpha value is -0.830. The molecule has 5 heteroatoms. The van der Waals surface area contributed by atoms with Crippen LogP contribution in [0.2, 0.25) is 0 Å². The lowest BCUT2D eigenvalue weighted by Crippen LogP contribution is -1.81. The van der Waals surface area contributed by atoms with E-state index in [0.717, 1.165) is 19.4 Å². The van der Waals surface area contributed by atoms with Gasteiger partial charge in [-0.3, -0.25) is 0 Å². The van der Waals surface area contributed by atoms with Crippen LogP contribution in [0.3, 0.4) is 0 Å². The smallest absolute Gasteiger partial charge is 0.154 e. The Morgan fingerprint density at radius 1 is 1.50 bits per heavy atom. The van der Waals surface area contributed by atoms with Gasteiger partial charge in [0, 0.05) is 20.4 Å². The Morgan fingerprint density at radius 2 is 2.31 bits per heavy atom. The van der Waals surface area contributed by atoms with Crippen LogP contribution in [0.25, 0.3) is 0 Å². The molecule has 0 aliphatic rings. The van der Waals surface area contributed by atoms with Crippen LogP contribution < -0.4 is 0 Å². The molecule has 0 unspecified atom stereocenters. The number of thiazole rings is 1. The second kappa shape index (κ2) is 5.00. The highest BCUT2D eigenvalue weighted by Crippen LogP contribution is 2.33. The van der Waals surface area contributed by atoms with Crippen molar-refractivity contribution in [3.63, 3.8) is 0 Å². The molecule has 0 saturated heterocycles. The van der Waals surface area contributed by atoms with E-state index in [-0.39, 0.29) is 0 Å². The Labute approximate surface area is 110 Å². The second-order valence-corrected chi connectivity index (χ2v) is 6.17. The summed E-state index contributed by atoms with van der Waals surface area (Å²) in [6.45, 7) is 1.96. The fraction of sp³-hybridized carbons (Fsp3) is 0.0909. The lowest BCUT2D eigenvalue weighted by Gasteiger charge is -2.01. The fourth-order valence-corrected chi connectivity index (χ4v) is 3.57. The van der Waals surface area contributed by atoms with E-state index >= 15 is 0 Å². The van der Waals surface area contributed by atoms with E-state index in [1.807, 2.05) is 30.5 Å². The van der Waals surface area contributed by atoms with E-state index in [0.29, 0.717) is 5.56 Å². The third kappa shape index (κ3) is 2.64. The molecule has 0 saturated carbocycles. The minimum atomic E-state index is 0.682. The van der Waals surface area contributed by atoms with Crippen LogP contribution >= 0.6 is 39.0 Å². The number of hydrogen-bond acceptors (Lipinski definition) is 4. The van der Waals surface area contributed by atoms with Gasteiger partial charge >= 0.3 is 0 Å². The maximum atomic E-state index is 9.00. The number of hydrogen-bond donors (Lipinski definition) is 0. The zero-order valence-corrected chi connectivity index (χ0v) is 11.6. The van der Waals surface area contributed by atoms with Crippen molar-refractivity contribution < 1.29 is 0 Å². The zero-order valence-electron chi connectivity index (χ0n) is 8.40. The lowest BCUT2D eigenvalue weighted by atomic mass is 10.2. The third-order valence-corrected chi connectivity index (χ3v) is 4.47. The molecule has 1 heterocycles. The summed E-state index contributed by atoms with van der Waals surface area (Å²) in [4.78, 5) is 5.30. The highest BCUT2D eigenvalue weighted by molar-refractivity contribution is 9.10. The molecule has 16 heavy (non-hydrogen) atoms. The van der Waals surface area contributed by atoms with E-state index in [1.165, 1.54) is 11.8 Å². The average Bonchev–Trinajstić information content (AvgIpc) is 2.64. The standard InChI is InChI=1S/C11H7BrN2S2/c1-7-6-15-11(14-7)16-10-4-9(12)3-2-8(10)5-13/h2-4,6H,1H3. The van der Waals surface area contributed by atoms with Gasteiger partial charge in [0.05, 0.1) is 5.56 Å². The summed E-state index contributed by atoms with van der Waals surface area (Å²) in [5, 5.41) is 11.0. The van der Waals surface area contributed by atoms with Crippen molar-refractivity contribution in [1.82, 2.24) is 4.98 Å². The Balaban J connectivity index is 2.34. The molecule has 0 radical (unpaired) electrons. The molecule has 0 bridgehead atoms. The van der Waals surface area contributed by atoms with Crippen LogP contribution in [0, 0.1) is 18.3 Å². The van der Waals surface area contributed by atoms with E-state index < -0.39 is 0 Å². The maximum absolute atomic E-state index is 9.00. The first kappa shape index (κ1) is 11.6. The summed E-state index contributed by atoms with van der Waals surface area (Å²) in [6, 6.07) is 7.81. The first-order valence-electron chi connectivity index (χ1n) is 4.48. The summed E-state index contributed by atoms with van der Waals surface area (Å²) in [5.41, 5.74) is 1.70. The predicted molar refractivity (Wildman–Crippen MR) is 69.8 cm³/mol. The van der Waals surface area contributed by atoms with Gasteiger partial charge in [-0.15, -0.1) is 11.3 Å². The fourth-order valence-electron chi connectivity index (χ4n) is 1.15. The van der Waals surface area contributed by atoms with Crippen molar-refractivity contribution in [2.45, 2.75) is 16.2 Å². The van der Waals surface area contributed by atoms with Gasteiger partial charge in [-0.2, -0.15) is 5.26 Å². The molecule has 0 amide bonds. The quantitative estimate of drug-likeness (QED) is 0.832. The van der Waals surface area contributed by atoms with Crippen molar-refractivity contribution in [3.8, 4) is 6.07 Å². The van der Waals surface area contributed by atoms with Gasteiger partial charge in [-0.25, -0.2) is 4.98 Å². The number of benzene rings is 1. The van der Waals surface area contributed by atoms with Crippen molar-refractivity contribution >= 4 is 39.0 Å². The van der Waals surface area contributed by atoms with Crippen LogP contribution in [-0.2, 0) is 0 Å². The number of aromatic nitrogens is 1. The molecule has 80 valence electrons. The van der Waals surface area contributed by atoms with Gasteiger partial charge in [-0.1, -0.05) is 27.7 Å². The Kier molecular flexibility index (Phi) is 3.64. The largest absolute Gasteiger partial charge is 0.235 e. The summed E-state index contributed by atoms with van der Waals surface area (Å²) in [7, 11) is 0. The van der Waals surface area contributed by atoms with E-state index in [1.54, 1.807) is 11.3 Å². The van der Waals surface area contributed by atoms with Crippen LogP contribution in [0.4, 0.5) is 0 Å². The number of halogens is 1. The van der Waals surface area contributed by atoms with Gasteiger partial charge in [0.2, 0.25) is 0 Å². The topological polar surface area (TPSA) is 36.7 Å². The molecule has 0 aliphatic carbocycles. The van der Waals surface area contributed by atoms with Crippen LogP contribution in [0.1, 0.15) is 11.3 Å². The lowest BCUT2D eigenvalue weighted by molar-refractivity contribution is 1.16. The summed E-state index contributed by atoms with van der Waals surface area (Å²) < 4.78 is 1.94. The van der Waals surface area contributed by atoms with Crippen LogP contribution in [0.15, 0.2) is 37.3 Å². The summed E-state index contributed by atoms with van der Waals surface area (Å²) in [6.07, 6.45) is 0. The second-order valence-electron chi connectivity index (χ2n) is 3.11. The normalized spacial score (nSPS) is 10.1. The molecule has 0 aliphatic heterocycles. The summed E-state index contributed by atoms with van der Waals surface area (Å²) in [5.74, 6) is 0. The molecule has 0 spiro atoms. The first-order chi connectivity index (χ1) is 7.69. The van der Waals surface area contributed by atoms with Crippen molar-refractivity contribution in [1.29, 1.82) is 5.26 Å². The third-order valence-electron chi connectivity index (χ3n) is 1.86. The van der Waals surface area contributed by atoms with Crippen molar-refractivity contribution in [3.05, 3.63) is 39.3 Å². The van der Waals surface area contributed by atoms with E-state index in [9.17, 15) is 0 Å². The molecule has 1 aromatic heterocycles. The van der Waals surface area contributed by atoms with Gasteiger partial charge in [0.1, 0.15) is 6.07 Å². The zero-order chi connectivity index (χ0) is 11.5. The van der Waals surface area contributed by atoms with Crippen LogP contribution in [0.5, 0.6) is 0 Å². The molecular formula is C11H7BrN2S2. The van der Waals surface area contributed by atoms with Crippen molar-refractivity contribution in [2.75, 3.05) is 0 Å². The number of rotatable bonds is 2. The molecule has 1 aromatic carbocycles. The number of nitriles is 1. The molecular weight excluding hydrogens is 304 g/mol. The SMILES string of the molecule is Cc1csc(Sc2cc(Br)ccc2C#N)n1. The van der Waals surface area contributed by atoms with Gasteiger partial charge < -0.3 is 0 Å². The van der Waals surface area contributed by atoms with E-state index in [4.69, 9.17) is 5.26 Å². The molecule has 0 N–H and O–H groups in total. The highest BCUT2D eigenvalue weighted by atomic mass is 79.9. The summed E-state index contributed by atoms with van der Waals surface area (Å²) >= 11 is 6.53. The van der Waals surface area contributed by atoms with Gasteiger partial charge in [0.15, 0.2) is 4.34 Å². The van der Waals surface area contributed by atoms with Crippen molar-refractivity contribution in [2.24, 2.45) is 0 Å². The predicted octanol–water partition coefficient (Wildman–Crippen LogP) is 4.24. The molecule has 2 aromatic rings. The molecule has 0 fully saturated rings. The number of nitrogens with zero attached hydrogens (tertiary/aromatic N) is 2.